The lowest BCUT2D eigenvalue weighted by atomic mass is 10.2. The Morgan fingerprint density at radius 3 is 2.38 bits per heavy atom. The van der Waals surface area contributed by atoms with Crippen molar-refractivity contribution < 1.29 is 18.3 Å². The van der Waals surface area contributed by atoms with Crippen LogP contribution in [0, 0.1) is 18.6 Å². The molecule has 3 aromatic rings. The Morgan fingerprint density at radius 1 is 0.923 bits per heavy atom. The van der Waals surface area contributed by atoms with Crippen molar-refractivity contribution in [2.24, 2.45) is 0 Å². The van der Waals surface area contributed by atoms with Crippen LogP contribution in [0.4, 0.5) is 8.78 Å². The molecule has 0 bridgehead atoms. The van der Waals surface area contributed by atoms with Crippen LogP contribution in [-0.4, -0.2) is 7.11 Å². The quantitative estimate of drug-likeness (QED) is 0.594. The molecule has 0 aliphatic rings. The summed E-state index contributed by atoms with van der Waals surface area (Å²) < 4.78 is 38.8. The predicted molar refractivity (Wildman–Crippen MR) is 102 cm³/mol. The average molecular weight is 372 g/mol. The highest BCUT2D eigenvalue weighted by atomic mass is 31.1. The zero-order valence-corrected chi connectivity index (χ0v) is 15.6. The first-order valence-corrected chi connectivity index (χ1v) is 9.14. The lowest BCUT2D eigenvalue weighted by Crippen LogP contribution is -2.13. The predicted octanol–water partition coefficient (Wildman–Crippen LogP) is 4.49. The van der Waals surface area contributed by atoms with Gasteiger partial charge in [-0.15, -0.1) is 0 Å². The number of rotatable bonds is 6. The summed E-state index contributed by atoms with van der Waals surface area (Å²) in [6.07, 6.45) is 0. The molecule has 0 radical (unpaired) electrons. The Morgan fingerprint density at radius 2 is 1.69 bits per heavy atom. The fraction of sp³-hybridized carbons (Fsp3) is 0.143. The minimum atomic E-state index is -0.585. The highest BCUT2D eigenvalue weighted by molar-refractivity contribution is 7.55. The van der Waals surface area contributed by atoms with Crippen LogP contribution in [0.1, 0.15) is 11.1 Å². The Labute approximate surface area is 153 Å². The number of methoxy groups -OCH3 is 1. The molecular formula is C21H19F2O2P. The SMILES string of the molecule is COc1cc(C)cc(Pc2ccc(F)cc2F)c1OCc1ccccc1. The summed E-state index contributed by atoms with van der Waals surface area (Å²) in [7, 11) is 1.57. The van der Waals surface area contributed by atoms with Crippen LogP contribution in [0.5, 0.6) is 11.5 Å². The van der Waals surface area contributed by atoms with Crippen molar-refractivity contribution in [2.75, 3.05) is 7.11 Å². The van der Waals surface area contributed by atoms with Crippen molar-refractivity contribution in [1.29, 1.82) is 0 Å². The molecular weight excluding hydrogens is 353 g/mol. The fourth-order valence-electron chi connectivity index (χ4n) is 2.60. The second-order valence-corrected chi connectivity index (χ2v) is 7.19. The molecule has 0 aliphatic carbocycles. The van der Waals surface area contributed by atoms with Crippen molar-refractivity contribution in [3.63, 3.8) is 0 Å². The van der Waals surface area contributed by atoms with Gasteiger partial charge in [0.1, 0.15) is 18.2 Å². The molecule has 0 spiro atoms. The van der Waals surface area contributed by atoms with Crippen LogP contribution >= 0.6 is 8.58 Å². The van der Waals surface area contributed by atoms with E-state index in [9.17, 15) is 8.78 Å². The van der Waals surface area contributed by atoms with Crippen molar-refractivity contribution >= 4 is 19.2 Å². The van der Waals surface area contributed by atoms with Gasteiger partial charge in [-0.25, -0.2) is 8.78 Å². The van der Waals surface area contributed by atoms with Crippen LogP contribution < -0.4 is 20.1 Å². The maximum atomic E-state index is 14.1. The van der Waals surface area contributed by atoms with Crippen molar-refractivity contribution in [3.8, 4) is 11.5 Å². The monoisotopic (exact) mass is 372 g/mol. The van der Waals surface area contributed by atoms with Gasteiger partial charge in [0.2, 0.25) is 0 Å². The number of aryl methyl sites for hydroxylation is 1. The van der Waals surface area contributed by atoms with E-state index < -0.39 is 11.6 Å². The standard InChI is InChI=1S/C21H19F2O2P/c1-14-10-18(24-2)21(25-13-15-6-4-3-5-7-15)20(11-14)26-19-9-8-16(22)12-17(19)23/h3-12,26H,13H2,1-2H3. The summed E-state index contributed by atoms with van der Waals surface area (Å²) in [6, 6.07) is 17.3. The highest BCUT2D eigenvalue weighted by Gasteiger charge is 2.15. The van der Waals surface area contributed by atoms with Crippen LogP contribution in [0.15, 0.2) is 60.7 Å². The molecule has 0 fully saturated rings. The molecule has 1 atom stereocenters. The molecule has 26 heavy (non-hydrogen) atoms. The Kier molecular flexibility index (Phi) is 5.85. The minimum absolute atomic E-state index is 0.0126. The largest absolute Gasteiger partial charge is 0.493 e. The Hall–Kier alpha value is -2.45. The van der Waals surface area contributed by atoms with Gasteiger partial charge in [0.15, 0.2) is 11.5 Å². The van der Waals surface area contributed by atoms with Crippen LogP contribution in [0.2, 0.25) is 0 Å². The first-order chi connectivity index (χ1) is 12.6. The van der Waals surface area contributed by atoms with Crippen LogP contribution in [0.3, 0.4) is 0 Å². The molecule has 134 valence electrons. The lowest BCUT2D eigenvalue weighted by Gasteiger charge is -2.17. The second kappa shape index (κ2) is 8.29. The van der Waals surface area contributed by atoms with Gasteiger partial charge < -0.3 is 9.47 Å². The Bertz CT molecular complexity index is 898. The van der Waals surface area contributed by atoms with E-state index in [1.165, 1.54) is 12.1 Å². The number of hydrogen-bond donors (Lipinski definition) is 0. The van der Waals surface area contributed by atoms with Gasteiger partial charge in [-0.2, -0.15) is 0 Å². The van der Waals surface area contributed by atoms with Gasteiger partial charge in [0.25, 0.3) is 0 Å². The number of halogens is 2. The molecule has 3 aromatic carbocycles. The zero-order valence-electron chi connectivity index (χ0n) is 14.6. The van der Waals surface area contributed by atoms with E-state index in [1.807, 2.05) is 49.4 Å². The molecule has 0 saturated heterocycles. The maximum Gasteiger partial charge on any atom is 0.169 e. The van der Waals surface area contributed by atoms with E-state index in [-0.39, 0.29) is 8.58 Å². The van der Waals surface area contributed by atoms with Gasteiger partial charge in [-0.3, -0.25) is 0 Å². The van der Waals surface area contributed by atoms with Gasteiger partial charge in [0, 0.05) is 16.7 Å². The second-order valence-electron chi connectivity index (χ2n) is 5.87. The number of benzene rings is 3. The third-order valence-electron chi connectivity index (χ3n) is 3.85. The topological polar surface area (TPSA) is 18.5 Å². The van der Waals surface area contributed by atoms with Gasteiger partial charge in [-0.1, -0.05) is 38.9 Å². The summed E-state index contributed by atoms with van der Waals surface area (Å²) in [6.45, 7) is 2.32. The van der Waals surface area contributed by atoms with Crippen molar-refractivity contribution in [1.82, 2.24) is 0 Å². The lowest BCUT2D eigenvalue weighted by molar-refractivity contribution is 0.287. The van der Waals surface area contributed by atoms with Crippen LogP contribution in [0.25, 0.3) is 0 Å². The van der Waals surface area contributed by atoms with E-state index in [2.05, 4.69) is 0 Å². The molecule has 0 aromatic heterocycles. The fourth-order valence-corrected chi connectivity index (χ4v) is 3.86. The summed E-state index contributed by atoms with van der Waals surface area (Å²) in [5.74, 6) is 0.0474. The molecule has 1 unspecified atom stereocenters. The summed E-state index contributed by atoms with van der Waals surface area (Å²) >= 11 is 0. The summed E-state index contributed by atoms with van der Waals surface area (Å²) in [4.78, 5) is 0. The van der Waals surface area contributed by atoms with Gasteiger partial charge in [0.05, 0.1) is 7.11 Å². The molecule has 0 heterocycles. The maximum absolute atomic E-state index is 14.1. The molecule has 2 nitrogen and oxygen atoms in total. The molecule has 0 N–H and O–H groups in total. The third kappa shape index (κ3) is 4.39. The van der Waals surface area contributed by atoms with Gasteiger partial charge >= 0.3 is 0 Å². The number of ether oxygens (including phenoxy) is 2. The normalized spacial score (nSPS) is 11.1. The molecule has 0 amide bonds. The average Bonchev–Trinajstić information content (AvgIpc) is 2.63. The Balaban J connectivity index is 1.93. The summed E-state index contributed by atoms with van der Waals surface area (Å²) in [5.41, 5.74) is 2.01. The van der Waals surface area contributed by atoms with Crippen molar-refractivity contribution in [3.05, 3.63) is 83.4 Å². The van der Waals surface area contributed by atoms with Crippen molar-refractivity contribution in [2.45, 2.75) is 13.5 Å². The van der Waals surface area contributed by atoms with Crippen LogP contribution in [-0.2, 0) is 6.61 Å². The zero-order chi connectivity index (χ0) is 18.5. The van der Waals surface area contributed by atoms with E-state index in [1.54, 1.807) is 7.11 Å². The minimum Gasteiger partial charge on any atom is -0.493 e. The number of hydrogen-bond acceptors (Lipinski definition) is 2. The molecule has 5 heteroatoms. The highest BCUT2D eigenvalue weighted by Crippen LogP contribution is 2.32. The molecule has 0 aliphatic heterocycles. The smallest absolute Gasteiger partial charge is 0.169 e. The summed E-state index contributed by atoms with van der Waals surface area (Å²) in [5, 5.41) is 1.26. The first-order valence-electron chi connectivity index (χ1n) is 8.14. The molecule has 0 saturated carbocycles. The van der Waals surface area contributed by atoms with E-state index >= 15 is 0 Å². The molecule has 3 rings (SSSR count). The van der Waals surface area contributed by atoms with E-state index in [0.29, 0.717) is 23.4 Å². The van der Waals surface area contributed by atoms with E-state index in [0.717, 1.165) is 22.5 Å². The van der Waals surface area contributed by atoms with E-state index in [4.69, 9.17) is 9.47 Å². The third-order valence-corrected chi connectivity index (χ3v) is 5.16. The van der Waals surface area contributed by atoms with Gasteiger partial charge in [-0.05, 0) is 42.3 Å². The first kappa shape index (κ1) is 18.3.